The minimum Gasteiger partial charge on any atom is -0.466 e. The molecule has 0 fully saturated rings. The zero-order valence-electron chi connectivity index (χ0n) is 21.3. The van der Waals surface area contributed by atoms with Crippen LogP contribution in [0.5, 0.6) is 0 Å². The van der Waals surface area contributed by atoms with Crippen LogP contribution in [0, 0.1) is 5.82 Å². The van der Waals surface area contributed by atoms with Crippen molar-refractivity contribution in [1.29, 1.82) is 0 Å². The molecule has 10 heteroatoms. The number of carbonyl (C=O) groups is 4. The molecule has 3 rings (SSSR count). The Morgan fingerprint density at radius 3 is 2.37 bits per heavy atom. The van der Waals surface area contributed by atoms with Gasteiger partial charge in [-0.25, -0.2) is 14.1 Å². The van der Waals surface area contributed by atoms with E-state index >= 15 is 4.39 Å². The van der Waals surface area contributed by atoms with Crippen LogP contribution in [0.15, 0.2) is 58.5 Å². The number of methoxy groups -OCH3 is 1. The van der Waals surface area contributed by atoms with Gasteiger partial charge in [-0.15, -0.1) is 11.8 Å². The topological polar surface area (TPSA) is 90.0 Å². The first-order chi connectivity index (χ1) is 18.3. The van der Waals surface area contributed by atoms with Gasteiger partial charge < -0.3 is 9.47 Å². The van der Waals surface area contributed by atoms with Crippen LogP contribution in [0.4, 0.5) is 10.1 Å². The van der Waals surface area contributed by atoms with Crippen molar-refractivity contribution >= 4 is 52.8 Å². The predicted octanol–water partition coefficient (Wildman–Crippen LogP) is 6.13. The molecule has 38 heavy (non-hydrogen) atoms. The molecule has 0 heterocycles. The van der Waals surface area contributed by atoms with Gasteiger partial charge >= 0.3 is 11.9 Å². The molecule has 7 nitrogen and oxygen atoms in total. The van der Waals surface area contributed by atoms with Crippen molar-refractivity contribution in [1.82, 2.24) is 0 Å². The van der Waals surface area contributed by atoms with Crippen molar-refractivity contribution in [2.24, 2.45) is 0 Å². The Bertz CT molecular complexity index is 1230. The number of halogens is 2. The second-order valence-electron chi connectivity index (χ2n) is 8.56. The maximum atomic E-state index is 15.4. The molecule has 0 saturated heterocycles. The first-order valence-electron chi connectivity index (χ1n) is 12.3. The van der Waals surface area contributed by atoms with E-state index in [1.807, 2.05) is 6.92 Å². The molecular weight excluding hydrogens is 533 g/mol. The molecule has 0 spiro atoms. The van der Waals surface area contributed by atoms with Gasteiger partial charge in [-0.2, -0.15) is 0 Å². The van der Waals surface area contributed by atoms with Crippen LogP contribution in [0.1, 0.15) is 55.8 Å². The molecule has 0 saturated carbocycles. The molecule has 0 aromatic heterocycles. The number of imide groups is 1. The number of hydrogen-bond acceptors (Lipinski definition) is 7. The molecule has 0 atom stereocenters. The fraction of sp³-hybridized carbons (Fsp3) is 0.357. The first-order valence-corrected chi connectivity index (χ1v) is 13.7. The van der Waals surface area contributed by atoms with E-state index in [-0.39, 0.29) is 39.6 Å². The fourth-order valence-corrected chi connectivity index (χ4v) is 5.02. The molecule has 0 radical (unpaired) electrons. The lowest BCUT2D eigenvalue weighted by molar-refractivity contribution is -0.140. The molecule has 202 valence electrons. The summed E-state index contributed by atoms with van der Waals surface area (Å²) in [5, 5.41) is 0.0179. The molecule has 2 aromatic rings. The summed E-state index contributed by atoms with van der Waals surface area (Å²) in [5.74, 6) is -3.70. The third kappa shape index (κ3) is 7.23. The average molecular weight is 562 g/mol. The number of benzene rings is 2. The van der Waals surface area contributed by atoms with E-state index in [4.69, 9.17) is 21.1 Å². The van der Waals surface area contributed by atoms with Crippen LogP contribution < -0.4 is 4.90 Å². The second kappa shape index (κ2) is 14.1. The summed E-state index contributed by atoms with van der Waals surface area (Å²) in [5.41, 5.74) is 0.0983. The van der Waals surface area contributed by atoms with Crippen molar-refractivity contribution in [2.45, 2.75) is 50.3 Å². The van der Waals surface area contributed by atoms with Crippen molar-refractivity contribution in [3.63, 3.8) is 0 Å². The quantitative estimate of drug-likeness (QED) is 0.149. The van der Waals surface area contributed by atoms with Gasteiger partial charge in [0.1, 0.15) is 5.82 Å². The number of unbranched alkanes of at least 4 members (excludes halogenated alkanes) is 1. The van der Waals surface area contributed by atoms with Crippen LogP contribution in [-0.4, -0.2) is 43.2 Å². The SMILES string of the molecule is CCCCOC(=O)CSc1cc(N(C(=O)C2=C(C(=O)OC)CCCC2)C(=O)c2ccccc2)c(F)cc1Cl. The van der Waals surface area contributed by atoms with E-state index in [0.29, 0.717) is 30.8 Å². The van der Waals surface area contributed by atoms with Gasteiger partial charge in [-0.3, -0.25) is 14.4 Å². The average Bonchev–Trinajstić information content (AvgIpc) is 2.93. The maximum absolute atomic E-state index is 15.4. The predicted molar refractivity (Wildman–Crippen MR) is 144 cm³/mol. The highest BCUT2D eigenvalue weighted by Gasteiger charge is 2.34. The van der Waals surface area contributed by atoms with Crippen molar-refractivity contribution < 1.29 is 33.0 Å². The Balaban J connectivity index is 2.04. The van der Waals surface area contributed by atoms with Crippen LogP contribution >= 0.6 is 23.4 Å². The van der Waals surface area contributed by atoms with E-state index in [1.54, 1.807) is 18.2 Å². The zero-order chi connectivity index (χ0) is 27.7. The van der Waals surface area contributed by atoms with Gasteiger partial charge in [0.05, 0.1) is 30.2 Å². The second-order valence-corrected chi connectivity index (χ2v) is 9.99. The van der Waals surface area contributed by atoms with Crippen molar-refractivity contribution in [3.8, 4) is 0 Å². The highest BCUT2D eigenvalue weighted by Crippen LogP contribution is 2.36. The Labute approximate surface area is 230 Å². The Morgan fingerprint density at radius 1 is 1.03 bits per heavy atom. The summed E-state index contributed by atoms with van der Waals surface area (Å²) < 4.78 is 25.4. The molecule has 0 unspecified atom stereocenters. The summed E-state index contributed by atoms with van der Waals surface area (Å²) in [6.45, 7) is 2.27. The monoisotopic (exact) mass is 561 g/mol. The number of rotatable bonds is 10. The number of hydrogen-bond donors (Lipinski definition) is 0. The maximum Gasteiger partial charge on any atom is 0.334 e. The van der Waals surface area contributed by atoms with Crippen LogP contribution in [0.25, 0.3) is 0 Å². The lowest BCUT2D eigenvalue weighted by Crippen LogP contribution is -2.40. The van der Waals surface area contributed by atoms with E-state index in [1.165, 1.54) is 25.3 Å². The third-order valence-corrected chi connectivity index (χ3v) is 7.39. The largest absolute Gasteiger partial charge is 0.466 e. The first kappa shape index (κ1) is 29.4. The number of ether oxygens (including phenoxy) is 2. The lowest BCUT2D eigenvalue weighted by Gasteiger charge is -2.26. The molecule has 0 N–H and O–H groups in total. The summed E-state index contributed by atoms with van der Waals surface area (Å²) >= 11 is 7.26. The molecule has 2 aromatic carbocycles. The summed E-state index contributed by atoms with van der Waals surface area (Å²) in [6.07, 6.45) is 3.46. The summed E-state index contributed by atoms with van der Waals surface area (Å²) in [6, 6.07) is 10.2. The third-order valence-electron chi connectivity index (χ3n) is 5.93. The van der Waals surface area contributed by atoms with Gasteiger partial charge in [-0.1, -0.05) is 43.1 Å². The Morgan fingerprint density at radius 2 is 1.71 bits per heavy atom. The Kier molecular flexibility index (Phi) is 10.9. The minimum absolute atomic E-state index is 0.0179. The lowest BCUT2D eigenvalue weighted by atomic mass is 9.90. The van der Waals surface area contributed by atoms with E-state index < -0.39 is 29.6 Å². The highest BCUT2D eigenvalue weighted by atomic mass is 35.5. The van der Waals surface area contributed by atoms with E-state index in [9.17, 15) is 19.2 Å². The molecule has 1 aliphatic rings. The molecule has 1 aliphatic carbocycles. The van der Waals surface area contributed by atoms with E-state index in [2.05, 4.69) is 0 Å². The van der Waals surface area contributed by atoms with Gasteiger partial charge in [-0.05, 0) is 56.4 Å². The normalized spacial score (nSPS) is 13.2. The van der Waals surface area contributed by atoms with Crippen LogP contribution in [-0.2, 0) is 23.9 Å². The number of carbonyl (C=O) groups excluding carboxylic acids is 4. The van der Waals surface area contributed by atoms with Gasteiger partial charge in [0, 0.05) is 21.6 Å². The van der Waals surface area contributed by atoms with E-state index in [0.717, 1.165) is 35.6 Å². The number of thioether (sulfide) groups is 1. The highest BCUT2D eigenvalue weighted by molar-refractivity contribution is 8.00. The number of esters is 2. The zero-order valence-corrected chi connectivity index (χ0v) is 22.8. The molecule has 0 bridgehead atoms. The van der Waals surface area contributed by atoms with Crippen LogP contribution in [0.2, 0.25) is 5.02 Å². The smallest absolute Gasteiger partial charge is 0.334 e. The minimum atomic E-state index is -0.904. The number of anilines is 1. The molecule has 0 aliphatic heterocycles. The van der Waals surface area contributed by atoms with Crippen LogP contribution in [0.3, 0.4) is 0 Å². The molecule has 2 amide bonds. The summed E-state index contributed by atoms with van der Waals surface area (Å²) in [4.78, 5) is 53.0. The van der Waals surface area contributed by atoms with Gasteiger partial charge in [0.2, 0.25) is 0 Å². The van der Waals surface area contributed by atoms with Gasteiger partial charge in [0.25, 0.3) is 11.8 Å². The standard InChI is InChI=1S/C28H29ClFNO6S/c1-3-4-14-37-25(32)17-38-24-16-23(22(30)15-21(24)29)31(26(33)18-10-6-5-7-11-18)27(34)19-12-8-9-13-20(19)28(35)36-2/h5-7,10-11,15-16H,3-4,8-9,12-14,17H2,1-2H3. The Hall–Kier alpha value is -3.17. The van der Waals surface area contributed by atoms with Crippen molar-refractivity contribution in [2.75, 3.05) is 24.4 Å². The summed E-state index contributed by atoms with van der Waals surface area (Å²) in [7, 11) is 1.22. The fourth-order valence-electron chi connectivity index (χ4n) is 3.95. The number of amides is 2. The molecular formula is C28H29ClFNO6S. The van der Waals surface area contributed by atoms with Gasteiger partial charge in [0.15, 0.2) is 0 Å². The number of nitrogens with zero attached hydrogens (tertiary/aromatic N) is 1. The van der Waals surface area contributed by atoms with Crippen molar-refractivity contribution in [3.05, 3.63) is 70.0 Å².